The number of nitro groups is 1. The van der Waals surface area contributed by atoms with Gasteiger partial charge in [-0.05, 0) is 50.7 Å². The van der Waals surface area contributed by atoms with Crippen LogP contribution in [-0.4, -0.2) is 30.6 Å². The van der Waals surface area contributed by atoms with Gasteiger partial charge in [0.25, 0.3) is 5.69 Å². The molecule has 23 heavy (non-hydrogen) atoms. The van der Waals surface area contributed by atoms with Crippen LogP contribution in [0.15, 0.2) is 23.1 Å². The van der Waals surface area contributed by atoms with Crippen LogP contribution in [-0.2, 0) is 10.0 Å². The molecule has 0 radical (unpaired) electrons. The Bertz CT molecular complexity index is 692. The highest BCUT2D eigenvalue weighted by atomic mass is 32.2. The van der Waals surface area contributed by atoms with Crippen LogP contribution < -0.4 is 10.5 Å². The van der Waals surface area contributed by atoms with Gasteiger partial charge in [0, 0.05) is 12.6 Å². The van der Waals surface area contributed by atoms with E-state index in [4.69, 9.17) is 5.14 Å². The smallest absolute Gasteiger partial charge is 0.293 e. The van der Waals surface area contributed by atoms with E-state index in [-0.39, 0.29) is 16.3 Å². The van der Waals surface area contributed by atoms with Gasteiger partial charge in [0.15, 0.2) is 0 Å². The Hall–Kier alpha value is -1.71. The van der Waals surface area contributed by atoms with Gasteiger partial charge >= 0.3 is 0 Å². The fourth-order valence-electron chi connectivity index (χ4n) is 2.75. The molecule has 0 saturated heterocycles. The first kappa shape index (κ1) is 17.6. The normalized spacial score (nSPS) is 25.1. The fraction of sp³-hybridized carbons (Fsp3) is 0.571. The number of nitrogens with two attached hydrogens (primary N) is 1. The van der Waals surface area contributed by atoms with Crippen molar-refractivity contribution in [3.8, 4) is 0 Å². The molecule has 0 aromatic heterocycles. The van der Waals surface area contributed by atoms with Gasteiger partial charge in [-0.15, -0.1) is 0 Å². The highest BCUT2D eigenvalue weighted by Crippen LogP contribution is 2.33. The van der Waals surface area contributed by atoms with Gasteiger partial charge in [-0.25, -0.2) is 13.6 Å². The van der Waals surface area contributed by atoms with Crippen LogP contribution in [0.1, 0.15) is 32.6 Å². The Morgan fingerprint density at radius 2 is 2.04 bits per heavy atom. The number of nitro benzene ring substituents is 1. The molecule has 0 amide bonds. The van der Waals surface area contributed by atoms with E-state index in [9.17, 15) is 23.6 Å². The van der Waals surface area contributed by atoms with E-state index < -0.39 is 20.5 Å². The minimum absolute atomic E-state index is 0.264. The van der Waals surface area contributed by atoms with Crippen molar-refractivity contribution in [3.63, 3.8) is 0 Å². The van der Waals surface area contributed by atoms with Crippen LogP contribution in [0.3, 0.4) is 0 Å². The predicted molar refractivity (Wildman–Crippen MR) is 85.5 cm³/mol. The molecule has 8 nitrogen and oxygen atoms in total. The summed E-state index contributed by atoms with van der Waals surface area (Å²) in [6, 6.07) is 3.57. The maximum atomic E-state index is 11.3. The number of hydrogen-bond acceptors (Lipinski definition) is 6. The summed E-state index contributed by atoms with van der Waals surface area (Å²) in [5.41, 5.74) is -0.682. The summed E-state index contributed by atoms with van der Waals surface area (Å²) in [5, 5.41) is 29.1. The Labute approximate surface area is 134 Å². The summed E-state index contributed by atoms with van der Waals surface area (Å²) in [5.74, 6) is 0.313. The molecule has 1 aromatic carbocycles. The van der Waals surface area contributed by atoms with E-state index in [2.05, 4.69) is 5.32 Å². The van der Waals surface area contributed by atoms with Gasteiger partial charge < -0.3 is 10.4 Å². The van der Waals surface area contributed by atoms with E-state index in [1.54, 1.807) is 0 Å². The summed E-state index contributed by atoms with van der Waals surface area (Å²) < 4.78 is 22.6. The second-order valence-corrected chi connectivity index (χ2v) is 7.86. The predicted octanol–water partition coefficient (Wildman–Crippen LogP) is 1.60. The number of anilines is 1. The second kappa shape index (κ2) is 6.42. The van der Waals surface area contributed by atoms with Gasteiger partial charge in [-0.3, -0.25) is 10.1 Å². The molecular weight excluding hydrogens is 322 g/mol. The Morgan fingerprint density at radius 1 is 1.43 bits per heavy atom. The fourth-order valence-corrected chi connectivity index (χ4v) is 3.28. The first-order valence-electron chi connectivity index (χ1n) is 7.36. The van der Waals surface area contributed by atoms with Gasteiger partial charge in [-0.2, -0.15) is 0 Å². The summed E-state index contributed by atoms with van der Waals surface area (Å²) in [6.45, 7) is 2.35. The van der Waals surface area contributed by atoms with Crippen molar-refractivity contribution < 1.29 is 18.4 Å². The van der Waals surface area contributed by atoms with E-state index in [0.717, 1.165) is 18.9 Å². The molecule has 0 unspecified atom stereocenters. The monoisotopic (exact) mass is 343 g/mol. The molecule has 4 N–H and O–H groups in total. The topological polar surface area (TPSA) is 136 Å². The Balaban J connectivity index is 2.09. The third-order valence-corrected chi connectivity index (χ3v) is 5.17. The number of nitrogens with one attached hydrogen (secondary N) is 1. The van der Waals surface area contributed by atoms with Crippen LogP contribution in [0.25, 0.3) is 0 Å². The molecule has 0 heterocycles. The molecule has 0 spiro atoms. The van der Waals surface area contributed by atoms with Gasteiger partial charge in [-0.1, -0.05) is 0 Å². The molecule has 1 aromatic rings. The quantitative estimate of drug-likeness (QED) is 0.549. The average molecular weight is 343 g/mol. The molecule has 0 aliphatic heterocycles. The van der Waals surface area contributed by atoms with Crippen molar-refractivity contribution in [1.82, 2.24) is 0 Å². The molecule has 0 bridgehead atoms. The molecule has 0 atom stereocenters. The van der Waals surface area contributed by atoms with E-state index >= 15 is 0 Å². The lowest BCUT2D eigenvalue weighted by Crippen LogP contribution is -2.32. The zero-order valence-electron chi connectivity index (χ0n) is 12.9. The van der Waals surface area contributed by atoms with Crippen LogP contribution >= 0.6 is 0 Å². The minimum atomic E-state index is -3.98. The van der Waals surface area contributed by atoms with Crippen molar-refractivity contribution in [2.24, 2.45) is 11.1 Å². The van der Waals surface area contributed by atoms with Crippen molar-refractivity contribution >= 4 is 21.4 Å². The zero-order valence-corrected chi connectivity index (χ0v) is 13.7. The lowest BCUT2D eigenvalue weighted by atomic mass is 9.80. The average Bonchev–Trinajstić information content (AvgIpc) is 2.45. The molecule has 1 saturated carbocycles. The molecule has 1 fully saturated rings. The van der Waals surface area contributed by atoms with Crippen LogP contribution in [0.4, 0.5) is 11.4 Å². The SMILES string of the molecule is C[C@]1(O)CC[C@@H](CNc2ccc(S(N)(=O)=O)cc2[N+](=O)[O-])CC1. The number of sulfonamides is 1. The van der Waals surface area contributed by atoms with E-state index in [0.29, 0.717) is 25.3 Å². The van der Waals surface area contributed by atoms with Crippen LogP contribution in [0, 0.1) is 16.0 Å². The van der Waals surface area contributed by atoms with Crippen molar-refractivity contribution in [3.05, 3.63) is 28.3 Å². The number of rotatable bonds is 5. The molecule has 128 valence electrons. The highest BCUT2D eigenvalue weighted by molar-refractivity contribution is 7.89. The van der Waals surface area contributed by atoms with Crippen molar-refractivity contribution in [2.45, 2.75) is 43.1 Å². The van der Waals surface area contributed by atoms with Gasteiger partial charge in [0.1, 0.15) is 5.69 Å². The van der Waals surface area contributed by atoms with Crippen molar-refractivity contribution in [2.75, 3.05) is 11.9 Å². The van der Waals surface area contributed by atoms with E-state index in [1.807, 2.05) is 6.92 Å². The van der Waals surface area contributed by atoms with E-state index in [1.165, 1.54) is 12.1 Å². The molecule has 1 aliphatic carbocycles. The maximum absolute atomic E-state index is 11.3. The Kier molecular flexibility index (Phi) is 4.92. The van der Waals surface area contributed by atoms with Gasteiger partial charge in [0.05, 0.1) is 15.4 Å². The summed E-state index contributed by atoms with van der Waals surface area (Å²) in [6.07, 6.45) is 3.07. The summed E-state index contributed by atoms with van der Waals surface area (Å²) in [4.78, 5) is 10.2. The zero-order chi connectivity index (χ0) is 17.3. The number of nitrogens with zero attached hydrogens (tertiary/aromatic N) is 1. The highest BCUT2D eigenvalue weighted by Gasteiger charge is 2.29. The number of benzene rings is 1. The van der Waals surface area contributed by atoms with Crippen molar-refractivity contribution in [1.29, 1.82) is 0 Å². The summed E-state index contributed by atoms with van der Waals surface area (Å²) >= 11 is 0. The minimum Gasteiger partial charge on any atom is -0.390 e. The Morgan fingerprint density at radius 3 is 2.57 bits per heavy atom. The molecule has 2 rings (SSSR count). The largest absolute Gasteiger partial charge is 0.390 e. The first-order valence-corrected chi connectivity index (χ1v) is 8.91. The molecular formula is C14H21N3O5S. The van der Waals surface area contributed by atoms with Crippen LogP contribution in [0.5, 0.6) is 0 Å². The number of aliphatic hydroxyl groups is 1. The summed E-state index contributed by atoms with van der Waals surface area (Å²) in [7, 11) is -3.98. The standard InChI is InChI=1S/C14H21N3O5S/c1-14(18)6-4-10(5-7-14)9-16-12-3-2-11(23(15,21)22)8-13(12)17(19)20/h2-3,8,10,16,18H,4-7,9H2,1H3,(H2,15,21,22)/t10-,14+. The first-order chi connectivity index (χ1) is 10.6. The number of hydrogen-bond donors (Lipinski definition) is 3. The third-order valence-electron chi connectivity index (χ3n) is 4.26. The molecule has 1 aliphatic rings. The van der Waals surface area contributed by atoms with Gasteiger partial charge in [0.2, 0.25) is 10.0 Å². The van der Waals surface area contributed by atoms with Crippen LogP contribution in [0.2, 0.25) is 0 Å². The maximum Gasteiger partial charge on any atom is 0.293 e. The third kappa shape index (κ3) is 4.63. The second-order valence-electron chi connectivity index (χ2n) is 6.30. The lowest BCUT2D eigenvalue weighted by molar-refractivity contribution is -0.384. The lowest BCUT2D eigenvalue weighted by Gasteiger charge is -2.33. The number of primary sulfonamides is 1. The molecule has 9 heteroatoms.